The van der Waals surface area contributed by atoms with Crippen molar-refractivity contribution in [1.29, 1.82) is 0 Å². The van der Waals surface area contributed by atoms with Crippen molar-refractivity contribution in [2.24, 2.45) is 5.92 Å². The van der Waals surface area contributed by atoms with E-state index in [0.29, 0.717) is 19.5 Å². The minimum absolute atomic E-state index is 0.156. The first-order chi connectivity index (χ1) is 9.92. The first-order valence-electron chi connectivity index (χ1n) is 7.57. The van der Waals surface area contributed by atoms with Gasteiger partial charge in [-0.05, 0) is 32.6 Å². The Kier molecular flexibility index (Phi) is 7.67. The van der Waals surface area contributed by atoms with E-state index < -0.39 is 0 Å². The molecule has 6 heteroatoms. The molecule has 1 heterocycles. The van der Waals surface area contributed by atoms with Crippen LogP contribution in [-0.2, 0) is 12.8 Å². The number of hydrogen-bond donors (Lipinski definition) is 3. The van der Waals surface area contributed by atoms with Crippen molar-refractivity contribution in [3.05, 3.63) is 15.6 Å². The Balaban J connectivity index is 2.21. The summed E-state index contributed by atoms with van der Waals surface area (Å²) in [5, 5.41) is 16.0. The van der Waals surface area contributed by atoms with Crippen LogP contribution in [0.15, 0.2) is 0 Å². The Morgan fingerprint density at radius 3 is 2.67 bits per heavy atom. The molecule has 0 aromatic carbocycles. The van der Waals surface area contributed by atoms with Crippen LogP contribution >= 0.6 is 11.3 Å². The molecule has 3 N–H and O–H groups in total. The highest BCUT2D eigenvalue weighted by molar-refractivity contribution is 7.11. The van der Waals surface area contributed by atoms with Crippen molar-refractivity contribution in [1.82, 2.24) is 15.6 Å². The van der Waals surface area contributed by atoms with E-state index in [1.54, 1.807) is 18.3 Å². The van der Waals surface area contributed by atoms with Crippen LogP contribution in [0.1, 0.15) is 42.8 Å². The molecule has 5 nitrogen and oxygen atoms in total. The average Bonchev–Trinajstić information content (AvgIpc) is 2.76. The van der Waals surface area contributed by atoms with Crippen molar-refractivity contribution in [2.75, 3.05) is 13.1 Å². The molecule has 0 spiro atoms. The van der Waals surface area contributed by atoms with Crippen molar-refractivity contribution in [2.45, 2.75) is 53.1 Å². The van der Waals surface area contributed by atoms with Crippen LogP contribution in [0.2, 0.25) is 0 Å². The maximum atomic E-state index is 11.7. The van der Waals surface area contributed by atoms with Gasteiger partial charge >= 0.3 is 6.03 Å². The largest absolute Gasteiger partial charge is 0.393 e. The molecule has 0 saturated heterocycles. The molecular formula is C15H27N3O2S. The Morgan fingerprint density at radius 1 is 1.38 bits per heavy atom. The van der Waals surface area contributed by atoms with Gasteiger partial charge in [0.1, 0.15) is 0 Å². The number of carbonyl (C=O) groups excluding carboxylic acids is 1. The summed E-state index contributed by atoms with van der Waals surface area (Å²) in [6, 6.07) is -0.156. The molecule has 1 aromatic rings. The second kappa shape index (κ2) is 9.00. The Hall–Kier alpha value is -1.14. The topological polar surface area (TPSA) is 74.2 Å². The van der Waals surface area contributed by atoms with E-state index in [1.165, 1.54) is 4.88 Å². The smallest absolute Gasteiger partial charge is 0.314 e. The molecule has 0 aliphatic carbocycles. The summed E-state index contributed by atoms with van der Waals surface area (Å²) in [7, 11) is 0. The zero-order valence-electron chi connectivity index (χ0n) is 13.4. The van der Waals surface area contributed by atoms with Crippen LogP contribution < -0.4 is 10.6 Å². The van der Waals surface area contributed by atoms with Gasteiger partial charge in [-0.1, -0.05) is 13.8 Å². The number of aliphatic hydroxyl groups excluding tert-OH is 1. The molecule has 0 fully saturated rings. The van der Waals surface area contributed by atoms with Gasteiger partial charge in [0.15, 0.2) is 0 Å². The number of aryl methyl sites for hydroxylation is 2. The molecule has 21 heavy (non-hydrogen) atoms. The minimum atomic E-state index is -0.328. The third kappa shape index (κ3) is 6.91. The number of thiazole rings is 1. The zero-order chi connectivity index (χ0) is 15.8. The molecule has 1 rings (SSSR count). The van der Waals surface area contributed by atoms with Gasteiger partial charge in [-0.2, -0.15) is 0 Å². The number of carbonyl (C=O) groups is 1. The summed E-state index contributed by atoms with van der Waals surface area (Å²) in [5.74, 6) is 0.268. The van der Waals surface area contributed by atoms with E-state index >= 15 is 0 Å². The molecule has 2 amide bonds. The van der Waals surface area contributed by atoms with E-state index in [2.05, 4.69) is 29.5 Å². The summed E-state index contributed by atoms with van der Waals surface area (Å²) in [6.45, 7) is 9.13. The Morgan fingerprint density at radius 2 is 2.10 bits per heavy atom. The lowest BCUT2D eigenvalue weighted by Gasteiger charge is -2.14. The summed E-state index contributed by atoms with van der Waals surface area (Å²) < 4.78 is 0. The molecular weight excluding hydrogens is 286 g/mol. The highest BCUT2D eigenvalue weighted by atomic mass is 32.1. The molecule has 0 aliphatic heterocycles. The van der Waals surface area contributed by atoms with Crippen LogP contribution in [0.4, 0.5) is 4.79 Å². The van der Waals surface area contributed by atoms with Crippen molar-refractivity contribution in [3.63, 3.8) is 0 Å². The Bertz CT molecular complexity index is 446. The van der Waals surface area contributed by atoms with Crippen LogP contribution in [0, 0.1) is 12.8 Å². The first-order valence-corrected chi connectivity index (χ1v) is 8.39. The molecule has 0 radical (unpaired) electrons. The lowest BCUT2D eigenvalue weighted by atomic mass is 10.1. The lowest BCUT2D eigenvalue weighted by molar-refractivity contribution is 0.163. The third-order valence-electron chi connectivity index (χ3n) is 3.25. The fourth-order valence-electron chi connectivity index (χ4n) is 2.20. The van der Waals surface area contributed by atoms with E-state index in [9.17, 15) is 9.90 Å². The highest BCUT2D eigenvalue weighted by Gasteiger charge is 2.09. The van der Waals surface area contributed by atoms with E-state index in [0.717, 1.165) is 23.5 Å². The molecule has 0 bridgehead atoms. The average molecular weight is 313 g/mol. The second-order valence-electron chi connectivity index (χ2n) is 5.54. The van der Waals surface area contributed by atoms with Gasteiger partial charge in [-0.25, -0.2) is 9.78 Å². The highest BCUT2D eigenvalue weighted by Crippen LogP contribution is 2.17. The van der Waals surface area contributed by atoms with Crippen LogP contribution in [-0.4, -0.2) is 35.3 Å². The van der Waals surface area contributed by atoms with Gasteiger partial charge in [0.05, 0.1) is 16.8 Å². The number of urea groups is 1. The van der Waals surface area contributed by atoms with Crippen LogP contribution in [0.5, 0.6) is 0 Å². The number of hydrogen-bond acceptors (Lipinski definition) is 4. The molecule has 2 atom stereocenters. The number of nitrogens with one attached hydrogen (secondary N) is 2. The molecule has 1 aromatic heterocycles. The number of amides is 2. The monoisotopic (exact) mass is 313 g/mol. The Labute approximate surface area is 131 Å². The summed E-state index contributed by atoms with van der Waals surface area (Å²) in [4.78, 5) is 17.5. The van der Waals surface area contributed by atoms with Crippen molar-refractivity contribution in [3.8, 4) is 0 Å². The van der Waals surface area contributed by atoms with Crippen LogP contribution in [0.3, 0.4) is 0 Å². The predicted octanol–water partition coefficient (Wildman–Crippen LogP) is 2.26. The number of aromatic nitrogens is 1. The maximum absolute atomic E-state index is 11.7. The normalized spacial score (nSPS) is 13.8. The number of rotatable bonds is 8. The van der Waals surface area contributed by atoms with Crippen molar-refractivity contribution < 1.29 is 9.90 Å². The lowest BCUT2D eigenvalue weighted by Crippen LogP contribution is -2.39. The van der Waals surface area contributed by atoms with Gasteiger partial charge in [0, 0.05) is 24.4 Å². The van der Waals surface area contributed by atoms with E-state index in [1.807, 2.05) is 6.92 Å². The van der Waals surface area contributed by atoms with E-state index in [4.69, 9.17) is 0 Å². The fourth-order valence-corrected chi connectivity index (χ4v) is 3.22. The van der Waals surface area contributed by atoms with Gasteiger partial charge in [0.25, 0.3) is 0 Å². The minimum Gasteiger partial charge on any atom is -0.393 e. The van der Waals surface area contributed by atoms with Crippen molar-refractivity contribution >= 4 is 17.4 Å². The van der Waals surface area contributed by atoms with E-state index in [-0.39, 0.29) is 18.1 Å². The molecule has 0 saturated carbocycles. The maximum Gasteiger partial charge on any atom is 0.314 e. The summed E-state index contributed by atoms with van der Waals surface area (Å²) in [5.41, 5.74) is 1.16. The fraction of sp³-hybridized carbons (Fsp3) is 0.733. The predicted molar refractivity (Wildman–Crippen MR) is 86.8 cm³/mol. The zero-order valence-corrected chi connectivity index (χ0v) is 14.2. The van der Waals surface area contributed by atoms with Gasteiger partial charge in [-0.3, -0.25) is 0 Å². The first kappa shape index (κ1) is 17.9. The number of nitrogens with zero attached hydrogens (tertiary/aromatic N) is 1. The second-order valence-corrected chi connectivity index (χ2v) is 6.83. The summed E-state index contributed by atoms with van der Waals surface area (Å²) in [6.07, 6.45) is 2.09. The standard InChI is InChI=1S/C15H27N3O2S/c1-5-13-12(4)21-14(18-13)6-7-16-15(20)17-9-10(2)8-11(3)19/h10-11,19H,5-9H2,1-4H3,(H2,16,17,20). The molecule has 0 aliphatic rings. The number of aliphatic hydroxyl groups is 1. The molecule has 2 unspecified atom stereocenters. The molecule has 120 valence electrons. The van der Waals surface area contributed by atoms with Crippen LogP contribution in [0.25, 0.3) is 0 Å². The van der Waals surface area contributed by atoms with Gasteiger partial charge in [-0.15, -0.1) is 11.3 Å². The van der Waals surface area contributed by atoms with Gasteiger partial charge in [0.2, 0.25) is 0 Å². The quantitative estimate of drug-likeness (QED) is 0.689. The third-order valence-corrected chi connectivity index (χ3v) is 4.32. The summed E-state index contributed by atoms with van der Waals surface area (Å²) >= 11 is 1.71. The van der Waals surface area contributed by atoms with Gasteiger partial charge < -0.3 is 15.7 Å². The SMILES string of the molecule is CCc1nc(CCNC(=O)NCC(C)CC(C)O)sc1C.